The Balaban J connectivity index is 1.53. The summed E-state index contributed by atoms with van der Waals surface area (Å²) < 4.78 is 27.4. The van der Waals surface area contributed by atoms with Gasteiger partial charge in [0.1, 0.15) is 5.82 Å². The zero-order valence-corrected chi connectivity index (χ0v) is 19.8. The first-order valence-corrected chi connectivity index (χ1v) is 12.4. The van der Waals surface area contributed by atoms with Gasteiger partial charge in [-0.1, -0.05) is 61.5 Å². The number of rotatable bonds is 8. The molecule has 0 radical (unpaired) electrons. The molecule has 0 bridgehead atoms. The maximum atomic E-state index is 13.1. The lowest BCUT2D eigenvalue weighted by atomic mass is 10.1. The van der Waals surface area contributed by atoms with Crippen LogP contribution >= 0.6 is 0 Å². The Morgan fingerprint density at radius 1 is 1.00 bits per heavy atom. The van der Waals surface area contributed by atoms with Crippen molar-refractivity contribution in [2.24, 2.45) is 0 Å². The van der Waals surface area contributed by atoms with Gasteiger partial charge in [-0.25, -0.2) is 13.4 Å². The first-order chi connectivity index (χ1) is 16.4. The van der Waals surface area contributed by atoms with Crippen LogP contribution in [-0.2, 0) is 10.0 Å². The van der Waals surface area contributed by atoms with Gasteiger partial charge in [-0.15, -0.1) is 0 Å². The van der Waals surface area contributed by atoms with Crippen molar-refractivity contribution in [3.05, 3.63) is 103 Å². The molecule has 174 valence electrons. The van der Waals surface area contributed by atoms with Crippen molar-refractivity contribution in [1.29, 1.82) is 0 Å². The molecular formula is C26H26N4O3S. The number of aromatic nitrogens is 2. The molecular weight excluding hydrogens is 448 g/mol. The Morgan fingerprint density at radius 3 is 2.35 bits per heavy atom. The molecule has 4 aromatic rings. The van der Waals surface area contributed by atoms with Gasteiger partial charge in [0.15, 0.2) is 0 Å². The van der Waals surface area contributed by atoms with E-state index in [1.807, 2.05) is 43.3 Å². The number of anilines is 1. The second-order valence-corrected chi connectivity index (χ2v) is 9.79. The molecule has 0 aliphatic rings. The summed E-state index contributed by atoms with van der Waals surface area (Å²) in [6.07, 6.45) is 2.36. The first kappa shape index (κ1) is 23.3. The topological polar surface area (TPSA) is 95.2 Å². The minimum absolute atomic E-state index is 0.0453. The molecule has 1 amide bonds. The Kier molecular flexibility index (Phi) is 6.79. The number of hydrogen-bond acceptors (Lipinski definition) is 4. The van der Waals surface area contributed by atoms with Crippen molar-refractivity contribution in [2.75, 3.05) is 11.4 Å². The van der Waals surface area contributed by atoms with Crippen LogP contribution in [0.2, 0.25) is 0 Å². The number of carbonyl (C=O) groups is 1. The maximum absolute atomic E-state index is 13.1. The van der Waals surface area contributed by atoms with Crippen LogP contribution in [0.3, 0.4) is 0 Å². The van der Waals surface area contributed by atoms with E-state index in [1.165, 1.54) is 23.5 Å². The quantitative estimate of drug-likeness (QED) is 0.384. The van der Waals surface area contributed by atoms with Gasteiger partial charge in [0, 0.05) is 12.6 Å². The Bertz CT molecular complexity index is 1370. The average Bonchev–Trinajstić information content (AvgIpc) is 3.38. The third-order valence-corrected chi connectivity index (χ3v) is 7.38. The van der Waals surface area contributed by atoms with E-state index in [-0.39, 0.29) is 22.4 Å². The summed E-state index contributed by atoms with van der Waals surface area (Å²) in [6, 6.07) is 24.3. The van der Waals surface area contributed by atoms with Crippen LogP contribution in [-0.4, -0.2) is 31.3 Å². The van der Waals surface area contributed by atoms with E-state index in [0.29, 0.717) is 17.9 Å². The van der Waals surface area contributed by atoms with Gasteiger partial charge in [-0.05, 0) is 42.3 Å². The predicted octanol–water partition coefficient (Wildman–Crippen LogP) is 4.78. The molecule has 0 unspecified atom stereocenters. The van der Waals surface area contributed by atoms with Crippen LogP contribution in [0.5, 0.6) is 0 Å². The molecule has 34 heavy (non-hydrogen) atoms. The fourth-order valence-electron chi connectivity index (χ4n) is 3.62. The standard InChI is InChI=1S/C26H26N4O3S/c1-3-23(25-27-18-24(28-25)19-11-6-4-7-12-19)29-26(31)20-13-10-16-22(17-20)34(32,33)30(2)21-14-8-5-9-15-21/h4-18,23H,3H2,1-2H3,(H,27,28)(H,29,31)/t23-/m0/s1. The van der Waals surface area contributed by atoms with Crippen LogP contribution in [0.15, 0.2) is 96.0 Å². The molecule has 2 N–H and O–H groups in total. The molecule has 1 heterocycles. The van der Waals surface area contributed by atoms with E-state index in [1.54, 1.807) is 42.6 Å². The molecule has 1 aromatic heterocycles. The van der Waals surface area contributed by atoms with Crippen molar-refractivity contribution in [3.63, 3.8) is 0 Å². The number of nitrogens with zero attached hydrogens (tertiary/aromatic N) is 2. The normalized spacial score (nSPS) is 12.2. The van der Waals surface area contributed by atoms with Crippen molar-refractivity contribution >= 4 is 21.6 Å². The summed E-state index contributed by atoms with van der Waals surface area (Å²) in [4.78, 5) is 20.8. The van der Waals surface area contributed by atoms with E-state index in [4.69, 9.17) is 0 Å². The van der Waals surface area contributed by atoms with E-state index in [0.717, 1.165) is 11.3 Å². The number of aromatic amines is 1. The maximum Gasteiger partial charge on any atom is 0.264 e. The fraction of sp³-hybridized carbons (Fsp3) is 0.154. The zero-order valence-electron chi connectivity index (χ0n) is 19.0. The van der Waals surface area contributed by atoms with Crippen LogP contribution in [0.4, 0.5) is 5.69 Å². The van der Waals surface area contributed by atoms with Gasteiger partial charge in [0.25, 0.3) is 15.9 Å². The second kappa shape index (κ2) is 9.93. The Morgan fingerprint density at radius 2 is 1.68 bits per heavy atom. The third-order valence-electron chi connectivity index (χ3n) is 5.60. The fourth-order valence-corrected chi connectivity index (χ4v) is 4.86. The Labute approximate surface area is 199 Å². The second-order valence-electron chi connectivity index (χ2n) is 7.82. The third kappa shape index (κ3) is 4.87. The number of hydrogen-bond donors (Lipinski definition) is 2. The molecule has 0 fully saturated rings. The van der Waals surface area contributed by atoms with E-state index in [2.05, 4.69) is 15.3 Å². The summed E-state index contributed by atoms with van der Waals surface area (Å²) in [7, 11) is -2.33. The minimum Gasteiger partial charge on any atom is -0.342 e. The van der Waals surface area contributed by atoms with Gasteiger partial charge >= 0.3 is 0 Å². The highest BCUT2D eigenvalue weighted by Gasteiger charge is 2.23. The van der Waals surface area contributed by atoms with Gasteiger partial charge in [-0.3, -0.25) is 9.10 Å². The average molecular weight is 475 g/mol. The summed E-state index contributed by atoms with van der Waals surface area (Å²) in [5, 5.41) is 2.96. The molecule has 0 aliphatic carbocycles. The number of amides is 1. The summed E-state index contributed by atoms with van der Waals surface area (Å²) >= 11 is 0. The van der Waals surface area contributed by atoms with E-state index >= 15 is 0 Å². The molecule has 0 saturated carbocycles. The molecule has 8 heteroatoms. The molecule has 0 saturated heterocycles. The first-order valence-electron chi connectivity index (χ1n) is 11.0. The van der Waals surface area contributed by atoms with Crippen molar-refractivity contribution in [3.8, 4) is 11.3 Å². The molecule has 3 aromatic carbocycles. The smallest absolute Gasteiger partial charge is 0.264 e. The number of sulfonamides is 1. The molecule has 0 aliphatic heterocycles. The largest absolute Gasteiger partial charge is 0.342 e. The highest BCUT2D eigenvalue weighted by molar-refractivity contribution is 7.92. The van der Waals surface area contributed by atoms with Crippen LogP contribution in [0.1, 0.15) is 35.6 Å². The highest BCUT2D eigenvalue weighted by atomic mass is 32.2. The number of H-pyrrole nitrogens is 1. The lowest BCUT2D eigenvalue weighted by molar-refractivity contribution is 0.0933. The highest BCUT2D eigenvalue weighted by Crippen LogP contribution is 2.24. The number of imidazole rings is 1. The number of para-hydroxylation sites is 1. The number of nitrogens with one attached hydrogen (secondary N) is 2. The van der Waals surface area contributed by atoms with Crippen LogP contribution in [0.25, 0.3) is 11.3 Å². The summed E-state index contributed by atoms with van der Waals surface area (Å²) in [5.74, 6) is 0.270. The zero-order chi connectivity index (χ0) is 24.1. The molecule has 1 atom stereocenters. The summed E-state index contributed by atoms with van der Waals surface area (Å²) in [6.45, 7) is 1.95. The lowest BCUT2D eigenvalue weighted by Crippen LogP contribution is -2.30. The van der Waals surface area contributed by atoms with E-state index < -0.39 is 10.0 Å². The molecule has 4 rings (SSSR count). The van der Waals surface area contributed by atoms with Crippen molar-refractivity contribution in [1.82, 2.24) is 15.3 Å². The summed E-state index contributed by atoms with van der Waals surface area (Å²) in [5.41, 5.74) is 2.66. The number of carbonyl (C=O) groups excluding carboxylic acids is 1. The van der Waals surface area contributed by atoms with Crippen molar-refractivity contribution < 1.29 is 13.2 Å². The SMILES string of the molecule is CC[C@H](NC(=O)c1cccc(S(=O)(=O)N(C)c2ccccc2)c1)c1ncc(-c2ccccc2)[nH]1. The molecule has 7 nitrogen and oxygen atoms in total. The lowest BCUT2D eigenvalue weighted by Gasteiger charge is -2.20. The van der Waals surface area contributed by atoms with Crippen LogP contribution in [0, 0.1) is 0 Å². The van der Waals surface area contributed by atoms with Crippen LogP contribution < -0.4 is 9.62 Å². The van der Waals surface area contributed by atoms with Crippen molar-refractivity contribution in [2.45, 2.75) is 24.3 Å². The van der Waals surface area contributed by atoms with Gasteiger partial charge in [0.05, 0.1) is 28.5 Å². The monoisotopic (exact) mass is 474 g/mol. The minimum atomic E-state index is -3.83. The number of benzene rings is 3. The van der Waals surface area contributed by atoms with Gasteiger partial charge < -0.3 is 10.3 Å². The molecule has 0 spiro atoms. The van der Waals surface area contributed by atoms with E-state index in [9.17, 15) is 13.2 Å². The van der Waals surface area contributed by atoms with Gasteiger partial charge in [0.2, 0.25) is 0 Å². The Hall–Kier alpha value is -3.91. The predicted molar refractivity (Wildman–Crippen MR) is 133 cm³/mol. The van der Waals surface area contributed by atoms with Gasteiger partial charge in [-0.2, -0.15) is 0 Å².